The van der Waals surface area contributed by atoms with Crippen LogP contribution in [-0.4, -0.2) is 30.0 Å². The zero-order chi connectivity index (χ0) is 17.1. The molecule has 0 saturated carbocycles. The molecule has 2 aromatic carbocycles. The third kappa shape index (κ3) is 3.49. The van der Waals surface area contributed by atoms with E-state index in [2.05, 4.69) is 30.9 Å². The Balaban J connectivity index is 1.89. The van der Waals surface area contributed by atoms with Crippen molar-refractivity contribution < 1.29 is 0 Å². The quantitative estimate of drug-likeness (QED) is 0.696. The Labute approximate surface area is 149 Å². The molecule has 122 valence electrons. The molecule has 6 heteroatoms. The van der Waals surface area contributed by atoms with Crippen LogP contribution in [0.5, 0.6) is 0 Å². The van der Waals surface area contributed by atoms with Gasteiger partial charge < -0.3 is 10.6 Å². The first-order valence-electron chi connectivity index (χ1n) is 7.45. The highest BCUT2D eigenvalue weighted by Crippen LogP contribution is 2.23. The van der Waals surface area contributed by atoms with Gasteiger partial charge in [0.1, 0.15) is 0 Å². The van der Waals surface area contributed by atoms with Crippen LogP contribution in [0, 0.1) is 0 Å². The average molecular weight is 384 g/mol. The van der Waals surface area contributed by atoms with Crippen LogP contribution in [-0.2, 0) is 0 Å². The Bertz CT molecular complexity index is 848. The summed E-state index contributed by atoms with van der Waals surface area (Å²) < 4.78 is 2.66. The van der Waals surface area contributed by atoms with E-state index in [0.717, 1.165) is 27.0 Å². The number of nitrogens with zero attached hydrogens (tertiary/aromatic N) is 4. The van der Waals surface area contributed by atoms with Crippen molar-refractivity contribution in [1.29, 1.82) is 0 Å². The number of imidazole rings is 1. The number of hydrogen-bond acceptors (Lipinski definition) is 4. The van der Waals surface area contributed by atoms with Crippen LogP contribution in [0.4, 0.5) is 11.6 Å². The van der Waals surface area contributed by atoms with Gasteiger partial charge in [0.25, 0.3) is 0 Å². The van der Waals surface area contributed by atoms with Crippen LogP contribution < -0.4 is 10.6 Å². The topological polar surface area (TPSA) is 59.4 Å². The van der Waals surface area contributed by atoms with Crippen molar-refractivity contribution in [2.75, 3.05) is 24.7 Å². The standard InChI is InChI=1S/C18H18BrN5/c1-23(2)16-9-3-13(4-10-16)11-22-24-17(12-21-18(24)20)14-5-7-15(19)8-6-14/h3-12H,1-2H3,(H2,20,21). The highest BCUT2D eigenvalue weighted by Gasteiger charge is 2.08. The molecule has 0 aliphatic carbocycles. The third-order valence-corrected chi connectivity index (χ3v) is 4.16. The number of hydrogen-bond donors (Lipinski definition) is 1. The Morgan fingerprint density at radius 2 is 1.75 bits per heavy atom. The highest BCUT2D eigenvalue weighted by molar-refractivity contribution is 9.10. The highest BCUT2D eigenvalue weighted by atomic mass is 79.9. The Morgan fingerprint density at radius 3 is 2.38 bits per heavy atom. The fraction of sp³-hybridized carbons (Fsp3) is 0.111. The van der Waals surface area contributed by atoms with Gasteiger partial charge in [0.05, 0.1) is 18.1 Å². The SMILES string of the molecule is CN(C)c1ccc(C=Nn2c(-c3ccc(Br)cc3)cnc2N)cc1. The fourth-order valence-corrected chi connectivity index (χ4v) is 2.55. The Kier molecular flexibility index (Phi) is 4.66. The molecule has 0 radical (unpaired) electrons. The molecule has 0 bridgehead atoms. The van der Waals surface area contributed by atoms with Crippen LogP contribution >= 0.6 is 15.9 Å². The van der Waals surface area contributed by atoms with Crippen LogP contribution in [0.2, 0.25) is 0 Å². The average Bonchev–Trinajstić information content (AvgIpc) is 2.95. The summed E-state index contributed by atoms with van der Waals surface area (Å²) in [5.41, 5.74) is 9.95. The molecule has 24 heavy (non-hydrogen) atoms. The van der Waals surface area contributed by atoms with Crippen molar-refractivity contribution in [3.8, 4) is 11.3 Å². The minimum absolute atomic E-state index is 0.356. The summed E-state index contributed by atoms with van der Waals surface area (Å²) in [5, 5.41) is 4.49. The first-order chi connectivity index (χ1) is 11.5. The number of nitrogen functional groups attached to an aromatic ring is 1. The third-order valence-electron chi connectivity index (χ3n) is 3.64. The van der Waals surface area contributed by atoms with Crippen molar-refractivity contribution in [2.45, 2.75) is 0 Å². The zero-order valence-electron chi connectivity index (χ0n) is 13.5. The summed E-state index contributed by atoms with van der Waals surface area (Å²) >= 11 is 3.44. The number of nitrogens with two attached hydrogens (primary N) is 1. The smallest absolute Gasteiger partial charge is 0.221 e. The van der Waals surface area contributed by atoms with E-state index < -0.39 is 0 Å². The first kappa shape index (κ1) is 16.3. The Hall–Kier alpha value is -2.60. The van der Waals surface area contributed by atoms with Gasteiger partial charge in [-0.15, -0.1) is 0 Å². The lowest BCUT2D eigenvalue weighted by Crippen LogP contribution is -2.08. The lowest BCUT2D eigenvalue weighted by molar-refractivity contribution is 0.906. The van der Waals surface area contributed by atoms with E-state index in [1.54, 1.807) is 17.1 Å². The number of benzene rings is 2. The predicted octanol–water partition coefficient (Wildman–Crippen LogP) is 3.84. The van der Waals surface area contributed by atoms with Crippen molar-refractivity contribution in [3.63, 3.8) is 0 Å². The number of anilines is 2. The second-order valence-corrected chi connectivity index (χ2v) is 6.47. The molecule has 0 fully saturated rings. The maximum atomic E-state index is 5.96. The summed E-state index contributed by atoms with van der Waals surface area (Å²) in [5.74, 6) is 0.356. The van der Waals surface area contributed by atoms with Gasteiger partial charge in [0, 0.05) is 29.8 Å². The van der Waals surface area contributed by atoms with Gasteiger partial charge >= 0.3 is 0 Å². The normalized spacial score (nSPS) is 11.1. The summed E-state index contributed by atoms with van der Waals surface area (Å²) in [6.45, 7) is 0. The molecule has 0 amide bonds. The molecule has 0 unspecified atom stereocenters. The van der Waals surface area contributed by atoms with Crippen molar-refractivity contribution >= 4 is 33.8 Å². The number of halogens is 1. The molecule has 3 aromatic rings. The summed E-state index contributed by atoms with van der Waals surface area (Å²) in [7, 11) is 4.03. The van der Waals surface area contributed by atoms with Crippen molar-refractivity contribution in [1.82, 2.24) is 9.66 Å². The molecule has 0 spiro atoms. The van der Waals surface area contributed by atoms with Gasteiger partial charge in [0.2, 0.25) is 5.95 Å². The summed E-state index contributed by atoms with van der Waals surface area (Å²) in [6, 6.07) is 16.1. The number of aromatic nitrogens is 2. The van der Waals surface area contributed by atoms with Gasteiger partial charge in [-0.2, -0.15) is 9.78 Å². The predicted molar refractivity (Wildman–Crippen MR) is 104 cm³/mol. The first-order valence-corrected chi connectivity index (χ1v) is 8.25. The van der Waals surface area contributed by atoms with E-state index in [-0.39, 0.29) is 0 Å². The molecule has 0 aliphatic heterocycles. The van der Waals surface area contributed by atoms with E-state index in [0.29, 0.717) is 5.95 Å². The van der Waals surface area contributed by atoms with Crippen LogP contribution in [0.1, 0.15) is 5.56 Å². The molecule has 1 aromatic heterocycles. The minimum Gasteiger partial charge on any atom is -0.378 e. The molecular formula is C18H18BrN5. The monoisotopic (exact) mass is 383 g/mol. The molecule has 5 nitrogen and oxygen atoms in total. The summed E-state index contributed by atoms with van der Waals surface area (Å²) in [6.07, 6.45) is 3.50. The largest absolute Gasteiger partial charge is 0.378 e. The zero-order valence-corrected chi connectivity index (χ0v) is 15.1. The maximum absolute atomic E-state index is 5.96. The molecule has 0 saturated heterocycles. The van der Waals surface area contributed by atoms with Gasteiger partial charge in [-0.1, -0.05) is 40.2 Å². The molecular weight excluding hydrogens is 366 g/mol. The second-order valence-electron chi connectivity index (χ2n) is 5.55. The minimum atomic E-state index is 0.356. The Morgan fingerprint density at radius 1 is 1.08 bits per heavy atom. The molecule has 2 N–H and O–H groups in total. The molecule has 0 atom stereocenters. The van der Waals surface area contributed by atoms with Crippen molar-refractivity contribution in [3.05, 3.63) is 64.8 Å². The molecule has 3 rings (SSSR count). The lowest BCUT2D eigenvalue weighted by atomic mass is 10.2. The van der Waals surface area contributed by atoms with Gasteiger partial charge in [0.15, 0.2) is 0 Å². The van der Waals surface area contributed by atoms with Gasteiger partial charge in [-0.25, -0.2) is 4.98 Å². The molecule has 0 aliphatic rings. The number of rotatable bonds is 4. The van der Waals surface area contributed by atoms with E-state index in [4.69, 9.17) is 5.73 Å². The van der Waals surface area contributed by atoms with Crippen LogP contribution in [0.3, 0.4) is 0 Å². The van der Waals surface area contributed by atoms with Crippen molar-refractivity contribution in [2.24, 2.45) is 5.10 Å². The maximum Gasteiger partial charge on any atom is 0.221 e. The summed E-state index contributed by atoms with van der Waals surface area (Å²) in [4.78, 5) is 6.23. The van der Waals surface area contributed by atoms with Crippen LogP contribution in [0.25, 0.3) is 11.3 Å². The lowest BCUT2D eigenvalue weighted by Gasteiger charge is -2.11. The van der Waals surface area contributed by atoms with E-state index >= 15 is 0 Å². The van der Waals surface area contributed by atoms with E-state index in [9.17, 15) is 0 Å². The molecule has 1 heterocycles. The second kappa shape index (κ2) is 6.88. The van der Waals surface area contributed by atoms with Gasteiger partial charge in [-0.05, 0) is 29.8 Å². The van der Waals surface area contributed by atoms with Gasteiger partial charge in [-0.3, -0.25) is 0 Å². The van der Waals surface area contributed by atoms with E-state index in [1.807, 2.05) is 62.6 Å². The fourth-order valence-electron chi connectivity index (χ4n) is 2.28. The van der Waals surface area contributed by atoms with E-state index in [1.165, 1.54) is 0 Å². The van der Waals surface area contributed by atoms with Crippen LogP contribution in [0.15, 0.2) is 64.3 Å².